The number of benzene rings is 2. The second-order valence-electron chi connectivity index (χ2n) is 4.03. The maximum atomic E-state index is 13.3. The molecular formula is C14H11ClFNO. The monoisotopic (exact) mass is 263 g/mol. The summed E-state index contributed by atoms with van der Waals surface area (Å²) in [5.41, 5.74) is 6.94. The van der Waals surface area contributed by atoms with E-state index in [2.05, 4.69) is 0 Å². The molecule has 0 aliphatic carbocycles. The molecule has 2 nitrogen and oxygen atoms in total. The third kappa shape index (κ3) is 2.36. The number of halogens is 2. The van der Waals surface area contributed by atoms with Gasteiger partial charge in [-0.25, -0.2) is 4.39 Å². The van der Waals surface area contributed by atoms with Crippen LogP contribution in [-0.4, -0.2) is 5.78 Å². The zero-order valence-corrected chi connectivity index (χ0v) is 10.5. The summed E-state index contributed by atoms with van der Waals surface area (Å²) in [6, 6.07) is 8.97. The number of ketones is 1. The topological polar surface area (TPSA) is 43.1 Å². The minimum absolute atomic E-state index is 0.0267. The van der Waals surface area contributed by atoms with Crippen molar-refractivity contribution in [3.8, 4) is 0 Å². The molecule has 0 amide bonds. The van der Waals surface area contributed by atoms with Crippen LogP contribution in [0.5, 0.6) is 0 Å². The molecule has 0 radical (unpaired) electrons. The van der Waals surface area contributed by atoms with Crippen LogP contribution in [0.15, 0.2) is 36.4 Å². The molecule has 2 aromatic carbocycles. The number of carbonyl (C=O) groups is 1. The summed E-state index contributed by atoms with van der Waals surface area (Å²) < 4.78 is 13.3. The van der Waals surface area contributed by atoms with Gasteiger partial charge in [-0.2, -0.15) is 0 Å². The fourth-order valence-electron chi connectivity index (χ4n) is 1.62. The highest BCUT2D eigenvalue weighted by molar-refractivity contribution is 6.31. The van der Waals surface area contributed by atoms with Gasteiger partial charge in [-0.1, -0.05) is 11.6 Å². The first-order valence-corrected chi connectivity index (χ1v) is 5.72. The fourth-order valence-corrected chi connectivity index (χ4v) is 1.74. The molecule has 0 aliphatic heterocycles. The second-order valence-corrected chi connectivity index (χ2v) is 4.44. The number of carbonyl (C=O) groups excluding carboxylic acids is 1. The summed E-state index contributed by atoms with van der Waals surface area (Å²) in [4.78, 5) is 12.1. The lowest BCUT2D eigenvalue weighted by Crippen LogP contribution is -2.03. The average Bonchev–Trinajstić information content (AvgIpc) is 2.35. The van der Waals surface area contributed by atoms with Crippen molar-refractivity contribution in [2.75, 3.05) is 5.73 Å². The molecule has 92 valence electrons. The van der Waals surface area contributed by atoms with Crippen LogP contribution in [-0.2, 0) is 0 Å². The molecule has 0 saturated carbocycles. The Morgan fingerprint density at radius 1 is 1.17 bits per heavy atom. The van der Waals surface area contributed by atoms with E-state index in [4.69, 9.17) is 17.3 Å². The number of rotatable bonds is 2. The first kappa shape index (κ1) is 12.6. The van der Waals surface area contributed by atoms with E-state index in [1.165, 1.54) is 12.1 Å². The van der Waals surface area contributed by atoms with Crippen LogP contribution in [0, 0.1) is 12.7 Å². The van der Waals surface area contributed by atoms with Crippen molar-refractivity contribution in [1.82, 2.24) is 0 Å². The Labute approximate surface area is 109 Å². The summed E-state index contributed by atoms with van der Waals surface area (Å²) in [5, 5.41) is 0.593. The van der Waals surface area contributed by atoms with Gasteiger partial charge in [-0.05, 0) is 48.9 Å². The van der Waals surface area contributed by atoms with E-state index in [1.807, 2.05) is 6.92 Å². The lowest BCUT2D eigenvalue weighted by atomic mass is 10.0. The van der Waals surface area contributed by atoms with Gasteiger partial charge in [0.15, 0.2) is 5.78 Å². The van der Waals surface area contributed by atoms with Crippen LogP contribution in [0.1, 0.15) is 21.5 Å². The van der Waals surface area contributed by atoms with Crippen molar-refractivity contribution in [2.24, 2.45) is 0 Å². The highest BCUT2D eigenvalue weighted by atomic mass is 35.5. The second kappa shape index (κ2) is 4.78. The standard InChI is InChI=1S/C14H11ClFNO/c1-8-6-9(2-4-11(8)15)14(18)10-3-5-13(17)12(16)7-10/h2-7H,17H2,1H3. The van der Waals surface area contributed by atoms with Crippen LogP contribution in [0.25, 0.3) is 0 Å². The van der Waals surface area contributed by atoms with E-state index in [1.54, 1.807) is 18.2 Å². The van der Waals surface area contributed by atoms with Gasteiger partial charge < -0.3 is 5.73 Å². The normalized spacial score (nSPS) is 10.4. The lowest BCUT2D eigenvalue weighted by Gasteiger charge is -2.05. The molecule has 0 fully saturated rings. The molecule has 18 heavy (non-hydrogen) atoms. The number of nitrogens with two attached hydrogens (primary N) is 1. The Kier molecular flexibility index (Phi) is 3.34. The Morgan fingerprint density at radius 3 is 2.39 bits per heavy atom. The molecule has 0 atom stereocenters. The van der Waals surface area contributed by atoms with Crippen molar-refractivity contribution in [3.05, 3.63) is 63.9 Å². The van der Waals surface area contributed by atoms with E-state index in [-0.39, 0.29) is 17.0 Å². The average molecular weight is 264 g/mol. The third-order valence-electron chi connectivity index (χ3n) is 2.68. The summed E-state index contributed by atoms with van der Waals surface area (Å²) >= 11 is 5.89. The van der Waals surface area contributed by atoms with Crippen LogP contribution < -0.4 is 5.73 Å². The number of anilines is 1. The van der Waals surface area contributed by atoms with Gasteiger partial charge in [-0.15, -0.1) is 0 Å². The molecule has 2 N–H and O–H groups in total. The Morgan fingerprint density at radius 2 is 1.78 bits per heavy atom. The van der Waals surface area contributed by atoms with E-state index in [9.17, 15) is 9.18 Å². The van der Waals surface area contributed by atoms with Crippen molar-refractivity contribution in [3.63, 3.8) is 0 Å². The van der Waals surface area contributed by atoms with Crippen molar-refractivity contribution >= 4 is 23.1 Å². The third-order valence-corrected chi connectivity index (χ3v) is 3.11. The van der Waals surface area contributed by atoms with Crippen LogP contribution in [0.2, 0.25) is 5.02 Å². The molecule has 0 unspecified atom stereocenters. The molecule has 2 rings (SSSR count). The molecule has 0 saturated heterocycles. The van der Waals surface area contributed by atoms with E-state index >= 15 is 0 Å². The molecule has 0 heterocycles. The van der Waals surface area contributed by atoms with Crippen LogP contribution in [0.4, 0.5) is 10.1 Å². The van der Waals surface area contributed by atoms with Gasteiger partial charge in [0.05, 0.1) is 5.69 Å². The molecule has 4 heteroatoms. The number of hydrogen-bond acceptors (Lipinski definition) is 2. The predicted octanol–water partition coefficient (Wildman–Crippen LogP) is 3.60. The quantitative estimate of drug-likeness (QED) is 0.664. The van der Waals surface area contributed by atoms with Crippen LogP contribution in [0.3, 0.4) is 0 Å². The maximum Gasteiger partial charge on any atom is 0.193 e. The van der Waals surface area contributed by atoms with Gasteiger partial charge in [0.2, 0.25) is 0 Å². The van der Waals surface area contributed by atoms with Crippen molar-refractivity contribution in [1.29, 1.82) is 0 Å². The highest BCUT2D eigenvalue weighted by Gasteiger charge is 2.12. The van der Waals surface area contributed by atoms with E-state index < -0.39 is 5.82 Å². The van der Waals surface area contributed by atoms with E-state index in [0.29, 0.717) is 10.6 Å². The molecule has 0 aromatic heterocycles. The maximum absolute atomic E-state index is 13.3. The van der Waals surface area contributed by atoms with Crippen LogP contribution >= 0.6 is 11.6 Å². The van der Waals surface area contributed by atoms with Gasteiger partial charge in [-0.3, -0.25) is 4.79 Å². The Bertz CT molecular complexity index is 572. The first-order valence-electron chi connectivity index (χ1n) is 5.35. The summed E-state index contributed by atoms with van der Waals surface area (Å²) in [6.45, 7) is 1.81. The molecule has 2 aromatic rings. The summed E-state index contributed by atoms with van der Waals surface area (Å²) in [6.07, 6.45) is 0. The Balaban J connectivity index is 2.41. The Hall–Kier alpha value is -1.87. The molecular weight excluding hydrogens is 253 g/mol. The minimum Gasteiger partial charge on any atom is -0.396 e. The fraction of sp³-hybridized carbons (Fsp3) is 0.0714. The number of hydrogen-bond donors (Lipinski definition) is 1. The SMILES string of the molecule is Cc1cc(C(=O)c2ccc(N)c(F)c2)ccc1Cl. The van der Waals surface area contributed by atoms with Gasteiger partial charge >= 0.3 is 0 Å². The minimum atomic E-state index is -0.591. The van der Waals surface area contributed by atoms with Gasteiger partial charge in [0.1, 0.15) is 5.82 Å². The zero-order chi connectivity index (χ0) is 13.3. The highest BCUT2D eigenvalue weighted by Crippen LogP contribution is 2.20. The number of nitrogen functional groups attached to an aromatic ring is 1. The smallest absolute Gasteiger partial charge is 0.193 e. The first-order chi connectivity index (χ1) is 8.49. The van der Waals surface area contributed by atoms with Crippen molar-refractivity contribution < 1.29 is 9.18 Å². The lowest BCUT2D eigenvalue weighted by molar-refractivity contribution is 0.103. The largest absolute Gasteiger partial charge is 0.396 e. The predicted molar refractivity (Wildman–Crippen MR) is 70.4 cm³/mol. The zero-order valence-electron chi connectivity index (χ0n) is 9.71. The van der Waals surface area contributed by atoms with Gasteiger partial charge in [0.25, 0.3) is 0 Å². The molecule has 0 bridgehead atoms. The summed E-state index contributed by atoms with van der Waals surface area (Å²) in [7, 11) is 0. The van der Waals surface area contributed by atoms with Crippen molar-refractivity contribution in [2.45, 2.75) is 6.92 Å². The van der Waals surface area contributed by atoms with Gasteiger partial charge in [0, 0.05) is 16.1 Å². The number of aryl methyl sites for hydroxylation is 1. The summed E-state index contributed by atoms with van der Waals surface area (Å²) in [5.74, 6) is -0.847. The molecule has 0 spiro atoms. The molecule has 0 aliphatic rings. The van der Waals surface area contributed by atoms with E-state index in [0.717, 1.165) is 11.6 Å².